The monoisotopic (exact) mass is 422 g/mol. The third-order valence-corrected chi connectivity index (χ3v) is 6.40. The predicted molar refractivity (Wildman–Crippen MR) is 113 cm³/mol. The minimum absolute atomic E-state index is 0.00548. The van der Waals surface area contributed by atoms with Gasteiger partial charge in [-0.05, 0) is 36.6 Å². The molecule has 1 N–H and O–H groups in total. The third kappa shape index (κ3) is 3.85. The molecule has 1 atom stereocenters. The SMILES string of the molecule is O=C(CC1(N2Cc3ccccc3C2=O)CCOCC1)NCC1COc2ccccc2O1. The Balaban J connectivity index is 1.24. The molecule has 1 fully saturated rings. The number of nitrogens with zero attached hydrogens (tertiary/aromatic N) is 1. The topological polar surface area (TPSA) is 77.1 Å². The molecule has 31 heavy (non-hydrogen) atoms. The van der Waals surface area contributed by atoms with Crippen molar-refractivity contribution in [2.24, 2.45) is 0 Å². The van der Waals surface area contributed by atoms with Gasteiger partial charge < -0.3 is 24.4 Å². The molecule has 0 aliphatic carbocycles. The zero-order valence-electron chi connectivity index (χ0n) is 17.3. The van der Waals surface area contributed by atoms with Crippen molar-refractivity contribution in [2.45, 2.75) is 37.5 Å². The first-order valence-electron chi connectivity index (χ1n) is 10.8. The highest BCUT2D eigenvalue weighted by Crippen LogP contribution is 2.38. The first-order valence-corrected chi connectivity index (χ1v) is 10.8. The molecular weight excluding hydrogens is 396 g/mol. The fourth-order valence-electron chi connectivity index (χ4n) is 4.68. The van der Waals surface area contributed by atoms with Crippen LogP contribution in [0.25, 0.3) is 0 Å². The predicted octanol–water partition coefficient (Wildman–Crippen LogP) is 2.54. The average Bonchev–Trinajstić information content (AvgIpc) is 3.15. The molecule has 7 nitrogen and oxygen atoms in total. The highest BCUT2D eigenvalue weighted by atomic mass is 16.6. The minimum atomic E-state index is -0.533. The summed E-state index contributed by atoms with van der Waals surface area (Å²) in [7, 11) is 0. The van der Waals surface area contributed by atoms with Gasteiger partial charge in [-0.25, -0.2) is 0 Å². The van der Waals surface area contributed by atoms with Gasteiger partial charge in [-0.1, -0.05) is 30.3 Å². The number of para-hydroxylation sites is 2. The second-order valence-corrected chi connectivity index (χ2v) is 8.36. The largest absolute Gasteiger partial charge is 0.486 e. The van der Waals surface area contributed by atoms with E-state index in [2.05, 4.69) is 5.32 Å². The van der Waals surface area contributed by atoms with E-state index < -0.39 is 5.54 Å². The van der Waals surface area contributed by atoms with Gasteiger partial charge >= 0.3 is 0 Å². The van der Waals surface area contributed by atoms with Gasteiger partial charge in [0.05, 0.1) is 18.5 Å². The summed E-state index contributed by atoms with van der Waals surface area (Å²) in [5, 5.41) is 2.99. The van der Waals surface area contributed by atoms with E-state index in [0.29, 0.717) is 51.5 Å². The van der Waals surface area contributed by atoms with Crippen LogP contribution < -0.4 is 14.8 Å². The van der Waals surface area contributed by atoms with Crippen molar-refractivity contribution in [3.8, 4) is 11.5 Å². The Morgan fingerprint density at radius 1 is 1.06 bits per heavy atom. The Morgan fingerprint density at radius 3 is 2.61 bits per heavy atom. The first kappa shape index (κ1) is 19.9. The minimum Gasteiger partial charge on any atom is -0.486 e. The number of rotatable bonds is 5. The first-order chi connectivity index (χ1) is 15.1. The molecule has 2 aromatic rings. The van der Waals surface area contributed by atoms with E-state index in [4.69, 9.17) is 14.2 Å². The summed E-state index contributed by atoms with van der Waals surface area (Å²) < 4.78 is 17.2. The molecule has 1 unspecified atom stereocenters. The van der Waals surface area contributed by atoms with Gasteiger partial charge in [0.15, 0.2) is 11.5 Å². The van der Waals surface area contributed by atoms with Gasteiger partial charge in [-0.15, -0.1) is 0 Å². The Bertz CT molecular complexity index is 985. The van der Waals surface area contributed by atoms with Crippen LogP contribution in [0.1, 0.15) is 35.2 Å². The lowest BCUT2D eigenvalue weighted by Gasteiger charge is -2.44. The van der Waals surface area contributed by atoms with E-state index in [1.165, 1.54) is 0 Å². The Kier molecular flexibility index (Phi) is 5.28. The normalized spacial score (nSPS) is 21.5. The second kappa shape index (κ2) is 8.23. The van der Waals surface area contributed by atoms with Crippen LogP contribution in [-0.4, -0.2) is 54.7 Å². The molecule has 7 heteroatoms. The van der Waals surface area contributed by atoms with E-state index in [-0.39, 0.29) is 24.3 Å². The van der Waals surface area contributed by atoms with Crippen LogP contribution >= 0.6 is 0 Å². The number of hydrogen-bond donors (Lipinski definition) is 1. The van der Waals surface area contributed by atoms with Gasteiger partial charge in [0, 0.05) is 25.3 Å². The molecule has 0 spiro atoms. The summed E-state index contributed by atoms with van der Waals surface area (Å²) in [5.41, 5.74) is 1.22. The fourth-order valence-corrected chi connectivity index (χ4v) is 4.68. The second-order valence-electron chi connectivity index (χ2n) is 8.36. The van der Waals surface area contributed by atoms with E-state index >= 15 is 0 Å². The number of amides is 2. The molecule has 2 amide bonds. The fraction of sp³-hybridized carbons (Fsp3) is 0.417. The Labute approximate surface area is 181 Å². The van der Waals surface area contributed by atoms with E-state index in [0.717, 1.165) is 16.9 Å². The van der Waals surface area contributed by atoms with E-state index in [1.54, 1.807) is 0 Å². The average molecular weight is 422 g/mol. The van der Waals surface area contributed by atoms with Crippen molar-refractivity contribution < 1.29 is 23.8 Å². The van der Waals surface area contributed by atoms with Crippen LogP contribution in [-0.2, 0) is 16.1 Å². The molecular formula is C24H26N2O5. The lowest BCUT2D eigenvalue weighted by atomic mass is 9.84. The number of carbonyl (C=O) groups is 2. The Morgan fingerprint density at radius 2 is 1.81 bits per heavy atom. The van der Waals surface area contributed by atoms with Gasteiger partial charge in [0.1, 0.15) is 12.7 Å². The van der Waals surface area contributed by atoms with Crippen LogP contribution in [0.4, 0.5) is 0 Å². The molecule has 3 aliphatic rings. The van der Waals surface area contributed by atoms with Crippen LogP contribution in [0.2, 0.25) is 0 Å². The molecule has 0 saturated carbocycles. The number of ether oxygens (including phenoxy) is 3. The molecule has 0 radical (unpaired) electrons. The standard InChI is InChI=1S/C24H26N2O5/c27-22(25-14-18-16-30-20-7-3-4-8-21(20)31-18)13-24(9-11-29-12-10-24)26-15-17-5-1-2-6-19(17)23(26)28/h1-8,18H,9-16H2,(H,25,27). The zero-order chi connectivity index (χ0) is 21.3. The summed E-state index contributed by atoms with van der Waals surface area (Å²) >= 11 is 0. The number of carbonyl (C=O) groups excluding carboxylic acids is 2. The number of hydrogen-bond acceptors (Lipinski definition) is 5. The van der Waals surface area contributed by atoms with Gasteiger partial charge in [-0.2, -0.15) is 0 Å². The van der Waals surface area contributed by atoms with Crippen molar-refractivity contribution in [3.63, 3.8) is 0 Å². The summed E-state index contributed by atoms with van der Waals surface area (Å²) in [6, 6.07) is 15.2. The summed E-state index contributed by atoms with van der Waals surface area (Å²) in [6.07, 6.45) is 1.30. The summed E-state index contributed by atoms with van der Waals surface area (Å²) in [6.45, 7) is 2.37. The van der Waals surface area contributed by atoms with E-state index in [1.807, 2.05) is 53.4 Å². The lowest BCUT2D eigenvalue weighted by Crippen LogP contribution is -2.55. The molecule has 3 heterocycles. The highest BCUT2D eigenvalue weighted by Gasteiger charge is 2.46. The molecule has 2 aromatic carbocycles. The van der Waals surface area contributed by atoms with Gasteiger partial charge in [-0.3, -0.25) is 9.59 Å². The van der Waals surface area contributed by atoms with Crippen molar-refractivity contribution >= 4 is 11.8 Å². The van der Waals surface area contributed by atoms with Crippen LogP contribution in [0.5, 0.6) is 11.5 Å². The Hall–Kier alpha value is -3.06. The maximum absolute atomic E-state index is 13.1. The van der Waals surface area contributed by atoms with Crippen molar-refractivity contribution in [2.75, 3.05) is 26.4 Å². The van der Waals surface area contributed by atoms with E-state index in [9.17, 15) is 9.59 Å². The maximum atomic E-state index is 13.1. The molecule has 0 bridgehead atoms. The van der Waals surface area contributed by atoms with Gasteiger partial charge in [0.25, 0.3) is 5.91 Å². The number of benzene rings is 2. The molecule has 5 rings (SSSR count). The maximum Gasteiger partial charge on any atom is 0.254 e. The number of nitrogens with one attached hydrogen (secondary N) is 1. The van der Waals surface area contributed by atoms with Crippen LogP contribution in [0, 0.1) is 0 Å². The molecule has 1 saturated heterocycles. The molecule has 3 aliphatic heterocycles. The van der Waals surface area contributed by atoms with Crippen LogP contribution in [0.3, 0.4) is 0 Å². The van der Waals surface area contributed by atoms with Crippen molar-refractivity contribution in [1.29, 1.82) is 0 Å². The van der Waals surface area contributed by atoms with Crippen molar-refractivity contribution in [1.82, 2.24) is 10.2 Å². The molecule has 0 aromatic heterocycles. The van der Waals surface area contributed by atoms with Gasteiger partial charge in [0.2, 0.25) is 5.91 Å². The summed E-state index contributed by atoms with van der Waals surface area (Å²) in [4.78, 5) is 28.0. The summed E-state index contributed by atoms with van der Waals surface area (Å²) in [5.74, 6) is 1.33. The lowest BCUT2D eigenvalue weighted by molar-refractivity contribution is -0.126. The molecule has 162 valence electrons. The van der Waals surface area contributed by atoms with Crippen LogP contribution in [0.15, 0.2) is 48.5 Å². The third-order valence-electron chi connectivity index (χ3n) is 6.40. The zero-order valence-corrected chi connectivity index (χ0v) is 17.3. The van der Waals surface area contributed by atoms with Crippen molar-refractivity contribution in [3.05, 3.63) is 59.7 Å². The smallest absolute Gasteiger partial charge is 0.254 e. The quantitative estimate of drug-likeness (QED) is 0.801. The highest BCUT2D eigenvalue weighted by molar-refractivity contribution is 5.99. The number of fused-ring (bicyclic) bond motifs is 2.